The summed E-state index contributed by atoms with van der Waals surface area (Å²) in [5.41, 5.74) is 8.05. The Kier molecular flexibility index (Phi) is 8.94. The van der Waals surface area contributed by atoms with Gasteiger partial charge in [-0.25, -0.2) is 4.39 Å². The van der Waals surface area contributed by atoms with Crippen LogP contribution in [0.15, 0.2) is 94.1 Å². The number of nitrogens with one attached hydrogen (secondary N) is 1. The van der Waals surface area contributed by atoms with Crippen molar-refractivity contribution in [2.45, 2.75) is 44.9 Å². The Balaban J connectivity index is 1.55. The van der Waals surface area contributed by atoms with Crippen LogP contribution in [0.2, 0.25) is 5.02 Å². The van der Waals surface area contributed by atoms with Gasteiger partial charge in [0.1, 0.15) is 5.82 Å². The Hall–Kier alpha value is -2.26. The number of fused-ring (bicyclic) bond motifs is 1. The molecule has 1 N–H and O–H groups in total. The van der Waals surface area contributed by atoms with E-state index >= 15 is 0 Å². The molecule has 2 aromatic carbocycles. The van der Waals surface area contributed by atoms with Gasteiger partial charge in [-0.1, -0.05) is 95.0 Å². The van der Waals surface area contributed by atoms with E-state index in [1.165, 1.54) is 28.3 Å². The third kappa shape index (κ3) is 6.91. The molecule has 0 saturated carbocycles. The topological polar surface area (TPSA) is 12.0 Å². The van der Waals surface area contributed by atoms with Gasteiger partial charge in [-0.15, -0.1) is 0 Å². The van der Waals surface area contributed by atoms with Crippen LogP contribution < -0.4 is 5.32 Å². The van der Waals surface area contributed by atoms with E-state index in [2.05, 4.69) is 48.3 Å². The highest BCUT2D eigenvalue weighted by molar-refractivity contribution is 6.36. The van der Waals surface area contributed by atoms with E-state index in [1.54, 1.807) is 12.1 Å². The summed E-state index contributed by atoms with van der Waals surface area (Å²) >= 11 is 19.2. The Morgan fingerprint density at radius 1 is 1.03 bits per heavy atom. The van der Waals surface area contributed by atoms with Crippen molar-refractivity contribution in [1.29, 1.82) is 0 Å². The predicted octanol–water partition coefficient (Wildman–Crippen LogP) is 9.98. The molecule has 0 atom stereocenters. The first-order valence-electron chi connectivity index (χ1n) is 12.0. The number of halogens is 4. The Bertz CT molecular complexity index is 1240. The van der Waals surface area contributed by atoms with Crippen molar-refractivity contribution in [3.8, 4) is 0 Å². The second kappa shape index (κ2) is 12.1. The van der Waals surface area contributed by atoms with E-state index < -0.39 is 5.82 Å². The summed E-state index contributed by atoms with van der Waals surface area (Å²) in [5.74, 6) is -0.406. The van der Waals surface area contributed by atoms with E-state index in [0.717, 1.165) is 66.9 Å². The maximum Gasteiger partial charge on any atom is 0.141 e. The standard InChI is InChI=1S/C30H29Cl3FN/c1-20-10-12-27(31)26(28(32)16-20)18-21-6-2-3-7-22(25-9-5-4-8-23(25)17-21)14-15-35-24-11-13-30(34)29(33)19-24/h4-5,7-9,11-13,18-19,35H,1-3,6,10,14-17H2. The molecule has 0 fully saturated rings. The first kappa shape index (κ1) is 25.8. The number of allylic oxidation sites excluding steroid dienone is 8. The Morgan fingerprint density at radius 3 is 2.69 bits per heavy atom. The van der Waals surface area contributed by atoms with Gasteiger partial charge in [0.05, 0.1) is 5.02 Å². The molecule has 4 rings (SSSR count). The number of benzene rings is 2. The fourth-order valence-corrected chi connectivity index (χ4v) is 5.38. The lowest BCUT2D eigenvalue weighted by molar-refractivity contribution is 0.628. The van der Waals surface area contributed by atoms with Crippen LogP contribution in [0.1, 0.15) is 49.7 Å². The average molecular weight is 529 g/mol. The van der Waals surface area contributed by atoms with Crippen LogP contribution in [-0.2, 0) is 6.42 Å². The molecule has 0 unspecified atom stereocenters. The predicted molar refractivity (Wildman–Crippen MR) is 150 cm³/mol. The minimum absolute atomic E-state index is 0.129. The molecule has 35 heavy (non-hydrogen) atoms. The number of hydrogen-bond donors (Lipinski definition) is 1. The van der Waals surface area contributed by atoms with Gasteiger partial charge in [0, 0.05) is 34.3 Å². The van der Waals surface area contributed by atoms with Crippen molar-refractivity contribution in [1.82, 2.24) is 0 Å². The van der Waals surface area contributed by atoms with Gasteiger partial charge >= 0.3 is 0 Å². The van der Waals surface area contributed by atoms with E-state index in [9.17, 15) is 4.39 Å². The largest absolute Gasteiger partial charge is 0.385 e. The molecule has 0 heterocycles. The van der Waals surface area contributed by atoms with Gasteiger partial charge in [0.25, 0.3) is 0 Å². The summed E-state index contributed by atoms with van der Waals surface area (Å²) < 4.78 is 13.5. The maximum atomic E-state index is 13.5. The smallest absolute Gasteiger partial charge is 0.141 e. The van der Waals surface area contributed by atoms with E-state index in [-0.39, 0.29) is 5.02 Å². The summed E-state index contributed by atoms with van der Waals surface area (Å²) in [5, 5.41) is 4.97. The highest BCUT2D eigenvalue weighted by Gasteiger charge is 2.16. The van der Waals surface area contributed by atoms with E-state index in [1.807, 2.05) is 6.08 Å². The molecular formula is C30H29Cl3FN. The second-order valence-electron chi connectivity index (χ2n) is 9.07. The summed E-state index contributed by atoms with van der Waals surface area (Å²) in [6.07, 6.45) is 12.7. The molecule has 0 saturated heterocycles. The molecule has 0 aromatic heterocycles. The number of anilines is 1. The quantitative estimate of drug-likeness (QED) is 0.381. The zero-order valence-corrected chi connectivity index (χ0v) is 21.9. The molecule has 2 aromatic rings. The molecule has 5 heteroatoms. The van der Waals surface area contributed by atoms with Crippen LogP contribution in [0.4, 0.5) is 10.1 Å². The van der Waals surface area contributed by atoms with Crippen LogP contribution in [0.25, 0.3) is 5.57 Å². The highest BCUT2D eigenvalue weighted by Crippen LogP contribution is 2.35. The maximum absolute atomic E-state index is 13.5. The van der Waals surface area contributed by atoms with Crippen LogP contribution in [0, 0.1) is 5.82 Å². The monoisotopic (exact) mass is 527 g/mol. The van der Waals surface area contributed by atoms with Crippen LogP contribution in [0.5, 0.6) is 0 Å². The second-order valence-corrected chi connectivity index (χ2v) is 10.3. The van der Waals surface area contributed by atoms with Crippen LogP contribution >= 0.6 is 34.8 Å². The summed E-state index contributed by atoms with van der Waals surface area (Å²) in [6.45, 7) is 4.83. The third-order valence-corrected chi connectivity index (χ3v) is 7.37. The van der Waals surface area contributed by atoms with Crippen molar-refractivity contribution in [2.75, 3.05) is 11.9 Å². The fourth-order valence-electron chi connectivity index (χ4n) is 4.56. The lowest BCUT2D eigenvalue weighted by atomic mass is 9.92. The summed E-state index contributed by atoms with van der Waals surface area (Å²) in [6, 6.07) is 13.3. The lowest BCUT2D eigenvalue weighted by Crippen LogP contribution is -2.04. The van der Waals surface area contributed by atoms with Crippen molar-refractivity contribution in [3.63, 3.8) is 0 Å². The van der Waals surface area contributed by atoms with Crippen molar-refractivity contribution in [2.24, 2.45) is 0 Å². The number of hydrogen-bond acceptors (Lipinski definition) is 1. The first-order chi connectivity index (χ1) is 16.9. The molecule has 0 amide bonds. The summed E-state index contributed by atoms with van der Waals surface area (Å²) in [4.78, 5) is 0. The molecule has 2 aliphatic carbocycles. The van der Waals surface area contributed by atoms with Gasteiger partial charge in [-0.05, 0) is 73.4 Å². The molecule has 0 aliphatic heterocycles. The third-order valence-electron chi connectivity index (χ3n) is 6.39. The van der Waals surface area contributed by atoms with E-state index in [0.29, 0.717) is 11.5 Å². The SMILES string of the molecule is C=C1CC=C(Cl)C(C=C2CCCC=C(CCNc3ccc(F)c(Cl)c3)c3ccccc3C2)=C(Cl)C1. The molecule has 2 aliphatic rings. The minimum Gasteiger partial charge on any atom is -0.385 e. The molecule has 1 nitrogen and oxygen atoms in total. The van der Waals surface area contributed by atoms with Crippen LogP contribution in [-0.4, -0.2) is 6.54 Å². The summed E-state index contributed by atoms with van der Waals surface area (Å²) in [7, 11) is 0. The molecule has 0 spiro atoms. The van der Waals surface area contributed by atoms with Gasteiger partial charge in [0.2, 0.25) is 0 Å². The fraction of sp³-hybridized carbons (Fsp3) is 0.267. The minimum atomic E-state index is -0.406. The first-order valence-corrected chi connectivity index (χ1v) is 13.1. The number of rotatable bonds is 5. The van der Waals surface area contributed by atoms with Crippen molar-refractivity contribution < 1.29 is 4.39 Å². The van der Waals surface area contributed by atoms with Crippen molar-refractivity contribution >= 4 is 46.1 Å². The van der Waals surface area contributed by atoms with Gasteiger partial charge < -0.3 is 5.32 Å². The van der Waals surface area contributed by atoms with E-state index in [4.69, 9.17) is 34.8 Å². The zero-order chi connectivity index (χ0) is 24.8. The van der Waals surface area contributed by atoms with Crippen molar-refractivity contribution in [3.05, 3.63) is 116 Å². The van der Waals surface area contributed by atoms with Gasteiger partial charge in [0.15, 0.2) is 0 Å². The van der Waals surface area contributed by atoms with Gasteiger partial charge in [-0.3, -0.25) is 0 Å². The molecule has 0 bridgehead atoms. The normalized spacial score (nSPS) is 18.2. The molecule has 0 radical (unpaired) electrons. The Labute approximate surface area is 222 Å². The van der Waals surface area contributed by atoms with Crippen LogP contribution in [0.3, 0.4) is 0 Å². The lowest BCUT2D eigenvalue weighted by Gasteiger charge is -2.15. The Morgan fingerprint density at radius 2 is 1.86 bits per heavy atom. The highest BCUT2D eigenvalue weighted by atomic mass is 35.5. The average Bonchev–Trinajstić information content (AvgIpc) is 2.90. The van der Waals surface area contributed by atoms with Gasteiger partial charge in [-0.2, -0.15) is 0 Å². The zero-order valence-electron chi connectivity index (χ0n) is 19.6. The molecule has 182 valence electrons. The molecular weight excluding hydrogens is 500 g/mol.